The molecule has 2 saturated heterocycles. The first-order chi connectivity index (χ1) is 19.9. The topological polar surface area (TPSA) is 98.4 Å². The number of nitrogens with one attached hydrogen (secondary N) is 3. The summed E-state index contributed by atoms with van der Waals surface area (Å²) in [5, 5.41) is 14.3. The molecular weight excluding hydrogens is 528 g/mol. The summed E-state index contributed by atoms with van der Waals surface area (Å²) < 4.78 is 32.7. The van der Waals surface area contributed by atoms with Gasteiger partial charge in [-0.25, -0.2) is 13.8 Å². The minimum atomic E-state index is -0.630. The molecule has 214 valence electrons. The zero-order valence-electron chi connectivity index (χ0n) is 22.9. The zero-order chi connectivity index (χ0) is 28.3. The minimum Gasteiger partial charge on any atom is -0.381 e. The number of rotatable bonds is 7. The summed E-state index contributed by atoms with van der Waals surface area (Å²) in [6, 6.07) is 13.1. The molecule has 41 heavy (non-hydrogen) atoms. The number of hydrogen-bond acceptors (Lipinski definition) is 7. The van der Waals surface area contributed by atoms with Gasteiger partial charge in [-0.2, -0.15) is 5.10 Å². The second-order valence-corrected chi connectivity index (χ2v) is 10.7. The lowest BCUT2D eigenvalue weighted by Gasteiger charge is -2.34. The number of halogens is 2. The average molecular weight is 562 g/mol. The van der Waals surface area contributed by atoms with Crippen LogP contribution in [0.4, 0.5) is 26.0 Å². The predicted octanol–water partition coefficient (Wildman–Crippen LogP) is 4.42. The van der Waals surface area contributed by atoms with Crippen LogP contribution < -0.4 is 15.5 Å². The Morgan fingerprint density at radius 2 is 1.78 bits per heavy atom. The molecule has 2 aliphatic heterocycles. The third-order valence-electron chi connectivity index (χ3n) is 7.72. The van der Waals surface area contributed by atoms with Crippen molar-refractivity contribution in [2.75, 3.05) is 62.0 Å². The lowest BCUT2D eigenvalue weighted by Crippen LogP contribution is -2.44. The fraction of sp³-hybridized carbons (Fsp3) is 0.367. The molecule has 6 rings (SSSR count). The van der Waals surface area contributed by atoms with Gasteiger partial charge in [-0.05, 0) is 67.9 Å². The summed E-state index contributed by atoms with van der Waals surface area (Å²) in [5.74, 6) is -1.18. The fourth-order valence-corrected chi connectivity index (χ4v) is 5.41. The first kappa shape index (κ1) is 27.1. The maximum atomic E-state index is 13.6. The smallest absolute Gasteiger partial charge is 0.258 e. The summed E-state index contributed by atoms with van der Waals surface area (Å²) in [6.45, 7) is 5.24. The molecule has 0 bridgehead atoms. The molecule has 9 nitrogen and oxygen atoms in total. The van der Waals surface area contributed by atoms with E-state index in [0.29, 0.717) is 46.9 Å². The standard InChI is InChI=1S/C30H33F2N7O2/c1-38-8-10-39(11-9-38)24-3-5-25(27(18-24)33-22-6-12-41-13-7-22)30(40)35-29-26-4-2-23(34-28(26)36-37-29)16-19-14-20(31)17-21(32)15-19/h2-5,14-15,17-18,22,33H,6-13,16H2,1H3,(H2,34,35,36,37,40). The number of fused-ring (bicyclic) bond motifs is 1. The number of aromatic nitrogens is 3. The van der Waals surface area contributed by atoms with Crippen molar-refractivity contribution >= 4 is 34.1 Å². The van der Waals surface area contributed by atoms with Gasteiger partial charge in [-0.3, -0.25) is 9.89 Å². The Bertz CT molecular complexity index is 1530. The van der Waals surface area contributed by atoms with Crippen LogP contribution in [-0.4, -0.2) is 78.5 Å². The van der Waals surface area contributed by atoms with E-state index in [2.05, 4.69) is 48.7 Å². The molecule has 1 amide bonds. The molecule has 11 heteroatoms. The third kappa shape index (κ3) is 6.31. The van der Waals surface area contributed by atoms with Gasteiger partial charge in [-0.15, -0.1) is 0 Å². The summed E-state index contributed by atoms with van der Waals surface area (Å²) in [4.78, 5) is 22.8. The SMILES string of the molecule is CN1CCN(c2ccc(C(=O)Nc3n[nH]c4nc(Cc5cc(F)cc(F)c5)ccc34)c(NC3CCOCC3)c2)CC1. The van der Waals surface area contributed by atoms with E-state index in [4.69, 9.17) is 4.74 Å². The minimum absolute atomic E-state index is 0.221. The van der Waals surface area contributed by atoms with Crippen LogP contribution in [0.25, 0.3) is 11.0 Å². The summed E-state index contributed by atoms with van der Waals surface area (Å²) in [6.07, 6.45) is 2.01. The second kappa shape index (κ2) is 11.8. The number of carbonyl (C=O) groups excluding carboxylic acids is 1. The number of pyridine rings is 1. The molecule has 0 atom stereocenters. The van der Waals surface area contributed by atoms with Crippen LogP contribution >= 0.6 is 0 Å². The predicted molar refractivity (Wildman–Crippen MR) is 155 cm³/mol. The first-order valence-corrected chi connectivity index (χ1v) is 13.9. The van der Waals surface area contributed by atoms with Crippen molar-refractivity contribution in [3.8, 4) is 0 Å². The van der Waals surface area contributed by atoms with E-state index in [1.165, 1.54) is 12.1 Å². The number of amides is 1. The third-order valence-corrected chi connectivity index (χ3v) is 7.72. The van der Waals surface area contributed by atoms with Gasteiger partial charge in [0.2, 0.25) is 0 Å². The highest BCUT2D eigenvalue weighted by atomic mass is 19.1. The van der Waals surface area contributed by atoms with Gasteiger partial charge >= 0.3 is 0 Å². The second-order valence-electron chi connectivity index (χ2n) is 10.7. The quantitative estimate of drug-likeness (QED) is 0.307. The Labute approximate surface area is 236 Å². The molecule has 2 aliphatic rings. The molecule has 3 N–H and O–H groups in total. The number of aromatic amines is 1. The molecule has 0 radical (unpaired) electrons. The Kier molecular flexibility index (Phi) is 7.80. The molecule has 4 aromatic rings. The van der Waals surface area contributed by atoms with Crippen molar-refractivity contribution < 1.29 is 18.3 Å². The Hall–Kier alpha value is -4.09. The Morgan fingerprint density at radius 1 is 1.02 bits per heavy atom. The summed E-state index contributed by atoms with van der Waals surface area (Å²) >= 11 is 0. The number of ether oxygens (including phenoxy) is 1. The molecule has 4 heterocycles. The largest absolute Gasteiger partial charge is 0.381 e. The van der Waals surface area contributed by atoms with Crippen molar-refractivity contribution in [2.24, 2.45) is 0 Å². The maximum absolute atomic E-state index is 13.6. The van der Waals surface area contributed by atoms with Crippen LogP contribution in [0.15, 0.2) is 48.5 Å². The monoisotopic (exact) mass is 561 g/mol. The average Bonchev–Trinajstić information content (AvgIpc) is 3.35. The lowest BCUT2D eigenvalue weighted by molar-refractivity contribution is 0.0904. The van der Waals surface area contributed by atoms with Gasteiger partial charge < -0.3 is 25.2 Å². The van der Waals surface area contributed by atoms with Gasteiger partial charge in [-0.1, -0.05) is 0 Å². The van der Waals surface area contributed by atoms with E-state index in [1.54, 1.807) is 12.1 Å². The van der Waals surface area contributed by atoms with Crippen LogP contribution in [0.1, 0.15) is 34.5 Å². The van der Waals surface area contributed by atoms with Gasteiger partial charge in [0, 0.05) is 75.0 Å². The van der Waals surface area contributed by atoms with Gasteiger partial charge in [0.25, 0.3) is 5.91 Å². The number of piperazine rings is 1. The van der Waals surface area contributed by atoms with E-state index in [1.807, 2.05) is 12.1 Å². The zero-order valence-corrected chi connectivity index (χ0v) is 22.9. The van der Waals surface area contributed by atoms with Crippen molar-refractivity contribution in [3.63, 3.8) is 0 Å². The molecule has 0 unspecified atom stereocenters. The molecule has 2 aromatic carbocycles. The lowest BCUT2D eigenvalue weighted by atomic mass is 10.1. The Balaban J connectivity index is 1.22. The first-order valence-electron chi connectivity index (χ1n) is 13.9. The molecule has 0 spiro atoms. The van der Waals surface area contributed by atoms with E-state index in [0.717, 1.165) is 56.5 Å². The van der Waals surface area contributed by atoms with Crippen molar-refractivity contribution in [1.82, 2.24) is 20.1 Å². The number of hydrogen-bond donors (Lipinski definition) is 3. The Morgan fingerprint density at radius 3 is 2.54 bits per heavy atom. The number of benzene rings is 2. The van der Waals surface area contributed by atoms with Gasteiger partial charge in [0.1, 0.15) is 11.6 Å². The fourth-order valence-electron chi connectivity index (χ4n) is 5.41. The van der Waals surface area contributed by atoms with E-state index < -0.39 is 11.6 Å². The molecule has 0 saturated carbocycles. The summed E-state index contributed by atoms with van der Waals surface area (Å²) in [5.41, 5.74) is 3.97. The number of carbonyl (C=O) groups is 1. The van der Waals surface area contributed by atoms with Crippen molar-refractivity contribution in [1.29, 1.82) is 0 Å². The highest BCUT2D eigenvalue weighted by Crippen LogP contribution is 2.29. The molecule has 2 fully saturated rings. The van der Waals surface area contributed by atoms with E-state index in [9.17, 15) is 13.6 Å². The van der Waals surface area contributed by atoms with E-state index >= 15 is 0 Å². The van der Waals surface area contributed by atoms with Crippen LogP contribution in [-0.2, 0) is 11.2 Å². The number of anilines is 3. The van der Waals surface area contributed by atoms with Crippen molar-refractivity contribution in [3.05, 3.63) is 77.0 Å². The highest BCUT2D eigenvalue weighted by molar-refractivity contribution is 6.10. The number of H-pyrrole nitrogens is 1. The molecule has 0 aliphatic carbocycles. The van der Waals surface area contributed by atoms with Crippen LogP contribution in [0.3, 0.4) is 0 Å². The normalized spacial score (nSPS) is 16.7. The van der Waals surface area contributed by atoms with E-state index in [-0.39, 0.29) is 18.4 Å². The highest BCUT2D eigenvalue weighted by Gasteiger charge is 2.22. The van der Waals surface area contributed by atoms with Crippen LogP contribution in [0, 0.1) is 11.6 Å². The van der Waals surface area contributed by atoms with Gasteiger partial charge in [0.05, 0.1) is 10.9 Å². The summed E-state index contributed by atoms with van der Waals surface area (Å²) in [7, 11) is 2.13. The number of likely N-dealkylation sites (N-methyl/N-ethyl adjacent to an activating group) is 1. The van der Waals surface area contributed by atoms with Crippen molar-refractivity contribution in [2.45, 2.75) is 25.3 Å². The number of nitrogens with zero attached hydrogens (tertiary/aromatic N) is 4. The van der Waals surface area contributed by atoms with Crippen LogP contribution in [0.5, 0.6) is 0 Å². The van der Waals surface area contributed by atoms with Crippen LogP contribution in [0.2, 0.25) is 0 Å². The van der Waals surface area contributed by atoms with Gasteiger partial charge in [0.15, 0.2) is 11.5 Å². The maximum Gasteiger partial charge on any atom is 0.258 e. The molecule has 2 aromatic heterocycles. The molecular formula is C30H33F2N7O2.